The van der Waals surface area contributed by atoms with E-state index in [2.05, 4.69) is 9.97 Å². The van der Waals surface area contributed by atoms with Gasteiger partial charge in [-0.2, -0.15) is 0 Å². The number of nitrogens with two attached hydrogens (primary N) is 1. The van der Waals surface area contributed by atoms with Crippen LogP contribution in [0.4, 0.5) is 0 Å². The Kier molecular flexibility index (Phi) is 2.65. The molecule has 1 atom stereocenters. The highest BCUT2D eigenvalue weighted by Crippen LogP contribution is 2.27. The zero-order valence-corrected chi connectivity index (χ0v) is 11.0. The molecular weight excluding hydrogens is 246 g/mol. The lowest BCUT2D eigenvalue weighted by Gasteiger charge is -1.98. The van der Waals surface area contributed by atoms with E-state index < -0.39 is 0 Å². The highest BCUT2D eigenvalue weighted by Gasteiger charge is 2.10. The summed E-state index contributed by atoms with van der Waals surface area (Å²) in [4.78, 5) is 8.80. The molecule has 1 aromatic carbocycles. The van der Waals surface area contributed by atoms with Gasteiger partial charge >= 0.3 is 0 Å². The Morgan fingerprint density at radius 1 is 1.33 bits per heavy atom. The summed E-state index contributed by atoms with van der Waals surface area (Å²) in [6.45, 7) is 3.78. The van der Waals surface area contributed by atoms with Crippen LogP contribution in [0, 0.1) is 6.92 Å². The number of rotatable bonds is 2. The first-order valence-corrected chi connectivity index (χ1v) is 6.60. The lowest BCUT2D eigenvalue weighted by atomic mass is 10.1. The molecule has 92 valence electrons. The van der Waals surface area contributed by atoms with Crippen molar-refractivity contribution in [1.29, 1.82) is 0 Å². The summed E-state index contributed by atoms with van der Waals surface area (Å²) in [5.41, 5.74) is 9.45. The molecule has 3 rings (SSSR count). The fourth-order valence-corrected chi connectivity index (χ4v) is 2.62. The van der Waals surface area contributed by atoms with E-state index in [-0.39, 0.29) is 6.04 Å². The molecule has 0 amide bonds. The van der Waals surface area contributed by atoms with Gasteiger partial charge in [-0.3, -0.25) is 0 Å². The number of aromatic nitrogens is 2. The van der Waals surface area contributed by atoms with Gasteiger partial charge in [0.05, 0.1) is 11.7 Å². The van der Waals surface area contributed by atoms with Crippen molar-refractivity contribution in [2.24, 2.45) is 5.73 Å². The maximum Gasteiger partial charge on any atom is 0.192 e. The third kappa shape index (κ3) is 1.91. The topological polar surface area (TPSA) is 64.9 Å². The van der Waals surface area contributed by atoms with Crippen LogP contribution in [0.2, 0.25) is 0 Å². The minimum absolute atomic E-state index is 0.0278. The maximum absolute atomic E-state index is 5.82. The van der Waals surface area contributed by atoms with Crippen LogP contribution in [-0.4, -0.2) is 9.97 Å². The number of nitrogens with zero attached hydrogens (tertiary/aromatic N) is 2. The number of thiazole rings is 1. The van der Waals surface area contributed by atoms with Crippen molar-refractivity contribution in [2.75, 3.05) is 0 Å². The van der Waals surface area contributed by atoms with Crippen molar-refractivity contribution in [1.82, 2.24) is 9.97 Å². The predicted molar refractivity (Wildman–Crippen MR) is 72.5 cm³/mol. The van der Waals surface area contributed by atoms with Gasteiger partial charge in [0.2, 0.25) is 0 Å². The largest absolute Gasteiger partial charge is 0.441 e. The fraction of sp³-hybridized carbons (Fsp3) is 0.231. The van der Waals surface area contributed by atoms with Crippen LogP contribution in [-0.2, 0) is 0 Å². The van der Waals surface area contributed by atoms with E-state index in [9.17, 15) is 0 Å². The van der Waals surface area contributed by atoms with E-state index in [0.717, 1.165) is 27.4 Å². The monoisotopic (exact) mass is 259 g/mol. The van der Waals surface area contributed by atoms with Crippen molar-refractivity contribution in [3.8, 4) is 11.3 Å². The Morgan fingerprint density at radius 3 is 2.89 bits per heavy atom. The minimum Gasteiger partial charge on any atom is -0.441 e. The summed E-state index contributed by atoms with van der Waals surface area (Å²) in [7, 11) is 0. The molecule has 0 fully saturated rings. The number of oxazole rings is 1. The van der Waals surface area contributed by atoms with Gasteiger partial charge in [-0.15, -0.1) is 11.3 Å². The first kappa shape index (κ1) is 11.4. The van der Waals surface area contributed by atoms with Crippen molar-refractivity contribution < 1.29 is 4.42 Å². The highest BCUT2D eigenvalue weighted by atomic mass is 32.1. The number of hydrogen-bond donors (Lipinski definition) is 1. The SMILES string of the molecule is Cc1nc2ccc(-c3csc(C(C)N)n3)cc2o1. The van der Waals surface area contributed by atoms with E-state index in [1.54, 1.807) is 11.3 Å². The summed E-state index contributed by atoms with van der Waals surface area (Å²) in [5, 5.41) is 2.96. The number of aryl methyl sites for hydroxylation is 1. The minimum atomic E-state index is -0.0278. The second-order valence-electron chi connectivity index (χ2n) is 4.28. The molecule has 0 saturated heterocycles. The van der Waals surface area contributed by atoms with Gasteiger partial charge in [0.25, 0.3) is 0 Å². The molecule has 0 radical (unpaired) electrons. The Morgan fingerprint density at radius 2 is 2.17 bits per heavy atom. The maximum atomic E-state index is 5.82. The average molecular weight is 259 g/mol. The molecule has 1 unspecified atom stereocenters. The van der Waals surface area contributed by atoms with E-state index in [4.69, 9.17) is 10.2 Å². The van der Waals surface area contributed by atoms with Crippen molar-refractivity contribution in [3.63, 3.8) is 0 Å². The van der Waals surface area contributed by atoms with Crippen molar-refractivity contribution in [2.45, 2.75) is 19.9 Å². The van der Waals surface area contributed by atoms with E-state index >= 15 is 0 Å². The Bertz CT molecular complexity index is 699. The first-order chi connectivity index (χ1) is 8.63. The summed E-state index contributed by atoms with van der Waals surface area (Å²) in [6, 6.07) is 5.89. The molecule has 0 saturated carbocycles. The molecule has 18 heavy (non-hydrogen) atoms. The predicted octanol–water partition coefficient (Wildman–Crippen LogP) is 3.28. The molecule has 2 N–H and O–H groups in total. The highest BCUT2D eigenvalue weighted by molar-refractivity contribution is 7.10. The third-order valence-corrected chi connectivity index (χ3v) is 3.75. The molecule has 4 nitrogen and oxygen atoms in total. The second kappa shape index (κ2) is 4.19. The molecule has 2 heterocycles. The van der Waals surface area contributed by atoms with Crippen LogP contribution in [0.15, 0.2) is 28.0 Å². The van der Waals surface area contributed by atoms with Gasteiger partial charge < -0.3 is 10.2 Å². The molecule has 5 heteroatoms. The lowest BCUT2D eigenvalue weighted by molar-refractivity contribution is 0.561. The summed E-state index contributed by atoms with van der Waals surface area (Å²) >= 11 is 1.58. The van der Waals surface area contributed by atoms with Crippen LogP contribution in [0.1, 0.15) is 23.9 Å². The third-order valence-electron chi connectivity index (χ3n) is 2.70. The van der Waals surface area contributed by atoms with E-state index in [1.165, 1.54) is 0 Å². The summed E-state index contributed by atoms with van der Waals surface area (Å²) in [6.07, 6.45) is 0. The first-order valence-electron chi connectivity index (χ1n) is 5.72. The molecule has 3 aromatic rings. The zero-order chi connectivity index (χ0) is 12.7. The smallest absolute Gasteiger partial charge is 0.192 e. The van der Waals surface area contributed by atoms with Crippen LogP contribution >= 0.6 is 11.3 Å². The normalized spacial score (nSPS) is 13.1. The van der Waals surface area contributed by atoms with E-state index in [1.807, 2.05) is 37.4 Å². The number of hydrogen-bond acceptors (Lipinski definition) is 5. The lowest BCUT2D eigenvalue weighted by Crippen LogP contribution is -2.03. The molecule has 2 aromatic heterocycles. The van der Waals surface area contributed by atoms with Crippen LogP contribution < -0.4 is 5.73 Å². The van der Waals surface area contributed by atoms with E-state index in [0.29, 0.717) is 5.89 Å². The second-order valence-corrected chi connectivity index (χ2v) is 5.16. The molecular formula is C13H13N3OS. The Hall–Kier alpha value is -1.72. The van der Waals surface area contributed by atoms with Gasteiger partial charge in [0.15, 0.2) is 11.5 Å². The summed E-state index contributed by atoms with van der Waals surface area (Å²) < 4.78 is 5.52. The number of benzene rings is 1. The van der Waals surface area contributed by atoms with Gasteiger partial charge in [-0.1, -0.05) is 6.07 Å². The van der Waals surface area contributed by atoms with Crippen molar-refractivity contribution >= 4 is 22.4 Å². The van der Waals surface area contributed by atoms with Crippen molar-refractivity contribution in [3.05, 3.63) is 34.5 Å². The van der Waals surface area contributed by atoms with Crippen LogP contribution in [0.5, 0.6) is 0 Å². The Labute approximate surface area is 108 Å². The van der Waals surface area contributed by atoms with Gasteiger partial charge in [0.1, 0.15) is 10.5 Å². The molecule has 0 aliphatic heterocycles. The molecule has 0 bridgehead atoms. The van der Waals surface area contributed by atoms with Gasteiger partial charge in [0, 0.05) is 17.9 Å². The Balaban J connectivity index is 2.06. The zero-order valence-electron chi connectivity index (χ0n) is 10.2. The average Bonchev–Trinajstić information content (AvgIpc) is 2.91. The molecule has 0 spiro atoms. The van der Waals surface area contributed by atoms with Crippen LogP contribution in [0.3, 0.4) is 0 Å². The fourth-order valence-electron chi connectivity index (χ4n) is 1.83. The standard InChI is InChI=1S/C13H13N3OS/c1-7(14)13-16-11(6-18-13)9-3-4-10-12(5-9)17-8(2)15-10/h3-7H,14H2,1-2H3. The van der Waals surface area contributed by atoms with Crippen LogP contribution in [0.25, 0.3) is 22.4 Å². The quantitative estimate of drug-likeness (QED) is 0.767. The number of fused-ring (bicyclic) bond motifs is 1. The summed E-state index contributed by atoms with van der Waals surface area (Å²) in [5.74, 6) is 0.677. The van der Waals surface area contributed by atoms with Gasteiger partial charge in [-0.25, -0.2) is 9.97 Å². The molecule has 0 aliphatic carbocycles. The molecule has 0 aliphatic rings. The van der Waals surface area contributed by atoms with Gasteiger partial charge in [-0.05, 0) is 19.1 Å².